The van der Waals surface area contributed by atoms with Gasteiger partial charge in [-0.1, -0.05) is 32.0 Å². The summed E-state index contributed by atoms with van der Waals surface area (Å²) in [6, 6.07) is 8.37. The molecule has 0 aliphatic heterocycles. The zero-order valence-electron chi connectivity index (χ0n) is 11.5. The lowest BCUT2D eigenvalue weighted by Crippen LogP contribution is -2.03. The molecule has 19 heavy (non-hydrogen) atoms. The molecule has 1 aromatic heterocycles. The van der Waals surface area contributed by atoms with E-state index in [1.165, 1.54) is 11.3 Å². The molecule has 0 amide bonds. The Bertz CT molecular complexity index is 520. The van der Waals surface area contributed by atoms with Crippen LogP contribution in [0.5, 0.6) is 0 Å². The summed E-state index contributed by atoms with van der Waals surface area (Å²) in [5, 5.41) is 16.5. The van der Waals surface area contributed by atoms with Crippen molar-refractivity contribution in [3.8, 4) is 0 Å². The van der Waals surface area contributed by atoms with Gasteiger partial charge in [0.1, 0.15) is 0 Å². The largest absolute Gasteiger partial charge is 0.394 e. The highest BCUT2D eigenvalue weighted by Gasteiger charge is 2.05. The van der Waals surface area contributed by atoms with Crippen LogP contribution in [0, 0.1) is 0 Å². The van der Waals surface area contributed by atoms with Crippen LogP contribution in [-0.4, -0.2) is 21.5 Å². The van der Waals surface area contributed by atoms with Gasteiger partial charge in [0.05, 0.1) is 19.3 Å². The average Bonchev–Trinajstić information content (AvgIpc) is 2.85. The van der Waals surface area contributed by atoms with Crippen molar-refractivity contribution >= 4 is 5.69 Å². The van der Waals surface area contributed by atoms with E-state index in [9.17, 15) is 0 Å². The van der Waals surface area contributed by atoms with Gasteiger partial charge in [0.2, 0.25) is 0 Å². The number of hydrogen-bond acceptors (Lipinski definition) is 3. The lowest BCUT2D eigenvalue weighted by molar-refractivity contribution is 0.269. The van der Waals surface area contributed by atoms with Gasteiger partial charge in [-0.05, 0) is 17.5 Å². The highest BCUT2D eigenvalue weighted by atomic mass is 16.3. The summed E-state index contributed by atoms with van der Waals surface area (Å²) in [5.41, 5.74) is 3.62. The zero-order chi connectivity index (χ0) is 13.7. The van der Waals surface area contributed by atoms with Crippen LogP contribution in [0.2, 0.25) is 0 Å². The topological polar surface area (TPSA) is 50.1 Å². The molecule has 0 radical (unpaired) electrons. The van der Waals surface area contributed by atoms with Crippen molar-refractivity contribution in [1.29, 1.82) is 0 Å². The van der Waals surface area contributed by atoms with E-state index in [0.29, 0.717) is 12.5 Å². The van der Waals surface area contributed by atoms with Gasteiger partial charge in [-0.3, -0.25) is 4.68 Å². The first-order chi connectivity index (χ1) is 9.20. The van der Waals surface area contributed by atoms with Crippen LogP contribution in [0.25, 0.3) is 0 Å². The zero-order valence-corrected chi connectivity index (χ0v) is 11.5. The number of anilines is 1. The lowest BCUT2D eigenvalue weighted by atomic mass is 10.0. The SMILES string of the molecule is CC(C)c1ccccc1NCc1cnn(CCO)c1. The quantitative estimate of drug-likeness (QED) is 0.838. The van der Waals surface area contributed by atoms with Gasteiger partial charge in [-0.15, -0.1) is 0 Å². The van der Waals surface area contributed by atoms with Gasteiger partial charge in [0.25, 0.3) is 0 Å². The monoisotopic (exact) mass is 259 g/mol. The molecule has 0 unspecified atom stereocenters. The summed E-state index contributed by atoms with van der Waals surface area (Å²) in [5.74, 6) is 0.501. The fraction of sp³-hybridized carbons (Fsp3) is 0.400. The summed E-state index contributed by atoms with van der Waals surface area (Å²) < 4.78 is 1.76. The molecule has 0 spiro atoms. The fourth-order valence-electron chi connectivity index (χ4n) is 2.08. The molecule has 0 atom stereocenters. The van der Waals surface area contributed by atoms with Gasteiger partial charge >= 0.3 is 0 Å². The summed E-state index contributed by atoms with van der Waals surface area (Å²) in [6.07, 6.45) is 3.79. The first-order valence-electron chi connectivity index (χ1n) is 6.65. The van der Waals surface area contributed by atoms with Crippen molar-refractivity contribution in [3.63, 3.8) is 0 Å². The van der Waals surface area contributed by atoms with E-state index >= 15 is 0 Å². The van der Waals surface area contributed by atoms with Crippen molar-refractivity contribution in [2.24, 2.45) is 0 Å². The van der Waals surface area contributed by atoms with E-state index in [2.05, 4.69) is 42.5 Å². The number of rotatable bonds is 6. The van der Waals surface area contributed by atoms with Gasteiger partial charge in [0.15, 0.2) is 0 Å². The minimum Gasteiger partial charge on any atom is -0.394 e. The van der Waals surface area contributed by atoms with Crippen LogP contribution in [0.1, 0.15) is 30.9 Å². The molecule has 1 aromatic carbocycles. The third-order valence-electron chi connectivity index (χ3n) is 3.08. The smallest absolute Gasteiger partial charge is 0.0640 e. The molecule has 0 aliphatic carbocycles. The first-order valence-corrected chi connectivity index (χ1v) is 6.65. The van der Waals surface area contributed by atoms with E-state index in [4.69, 9.17) is 5.11 Å². The minimum atomic E-state index is 0.116. The van der Waals surface area contributed by atoms with Crippen LogP contribution in [0.4, 0.5) is 5.69 Å². The number of aliphatic hydroxyl groups is 1. The Morgan fingerprint density at radius 3 is 2.84 bits per heavy atom. The maximum Gasteiger partial charge on any atom is 0.0640 e. The summed E-state index contributed by atoms with van der Waals surface area (Å²) in [4.78, 5) is 0. The number of nitrogens with zero attached hydrogens (tertiary/aromatic N) is 2. The molecule has 4 nitrogen and oxygen atoms in total. The normalized spacial score (nSPS) is 10.9. The van der Waals surface area contributed by atoms with E-state index in [1.807, 2.05) is 18.5 Å². The third kappa shape index (κ3) is 3.58. The Labute approximate surface area is 114 Å². The number of hydrogen-bond donors (Lipinski definition) is 2. The number of aliphatic hydroxyl groups excluding tert-OH is 1. The highest BCUT2D eigenvalue weighted by molar-refractivity contribution is 5.52. The highest BCUT2D eigenvalue weighted by Crippen LogP contribution is 2.24. The van der Waals surface area contributed by atoms with Crippen LogP contribution in [-0.2, 0) is 13.1 Å². The molecule has 0 aliphatic rings. The predicted molar refractivity (Wildman–Crippen MR) is 77.2 cm³/mol. The van der Waals surface area contributed by atoms with Crippen LogP contribution in [0.15, 0.2) is 36.7 Å². The number of para-hydroxylation sites is 1. The Morgan fingerprint density at radius 1 is 1.32 bits per heavy atom. The lowest BCUT2D eigenvalue weighted by Gasteiger charge is -2.13. The molecular formula is C15H21N3O. The maximum atomic E-state index is 8.86. The molecule has 2 aromatic rings. The van der Waals surface area contributed by atoms with E-state index in [0.717, 1.165) is 12.1 Å². The maximum absolute atomic E-state index is 8.86. The van der Waals surface area contributed by atoms with Crippen molar-refractivity contribution < 1.29 is 5.11 Å². The second-order valence-corrected chi connectivity index (χ2v) is 4.93. The van der Waals surface area contributed by atoms with E-state index in [1.54, 1.807) is 4.68 Å². The van der Waals surface area contributed by atoms with Crippen molar-refractivity contribution in [1.82, 2.24) is 9.78 Å². The Balaban J connectivity index is 2.01. The first kappa shape index (κ1) is 13.6. The molecule has 102 valence electrons. The Kier molecular flexibility index (Phi) is 4.58. The van der Waals surface area contributed by atoms with Crippen molar-refractivity contribution in [2.75, 3.05) is 11.9 Å². The number of benzene rings is 1. The van der Waals surface area contributed by atoms with Crippen molar-refractivity contribution in [3.05, 3.63) is 47.8 Å². The molecule has 2 N–H and O–H groups in total. The molecule has 1 heterocycles. The van der Waals surface area contributed by atoms with Crippen LogP contribution < -0.4 is 5.32 Å². The molecule has 4 heteroatoms. The van der Waals surface area contributed by atoms with Gasteiger partial charge in [0, 0.05) is 24.0 Å². The fourth-order valence-corrected chi connectivity index (χ4v) is 2.08. The van der Waals surface area contributed by atoms with Crippen molar-refractivity contribution in [2.45, 2.75) is 32.9 Å². The van der Waals surface area contributed by atoms with E-state index in [-0.39, 0.29) is 6.61 Å². The predicted octanol–water partition coefficient (Wildman–Crippen LogP) is 2.61. The average molecular weight is 259 g/mol. The standard InChI is InChI=1S/C15H21N3O/c1-12(2)14-5-3-4-6-15(14)16-9-13-10-17-18(11-13)7-8-19/h3-6,10-12,16,19H,7-9H2,1-2H3. The molecular weight excluding hydrogens is 238 g/mol. The van der Waals surface area contributed by atoms with E-state index < -0.39 is 0 Å². The van der Waals surface area contributed by atoms with Gasteiger partial charge in [-0.2, -0.15) is 5.10 Å². The second kappa shape index (κ2) is 6.38. The van der Waals surface area contributed by atoms with Gasteiger partial charge in [-0.25, -0.2) is 0 Å². The minimum absolute atomic E-state index is 0.116. The summed E-state index contributed by atoms with van der Waals surface area (Å²) in [6.45, 7) is 5.79. The Morgan fingerprint density at radius 2 is 2.11 bits per heavy atom. The molecule has 0 saturated carbocycles. The Hall–Kier alpha value is -1.81. The molecule has 0 bridgehead atoms. The molecule has 0 saturated heterocycles. The number of aromatic nitrogens is 2. The van der Waals surface area contributed by atoms with Crippen LogP contribution in [0.3, 0.4) is 0 Å². The molecule has 2 rings (SSSR count). The third-order valence-corrected chi connectivity index (χ3v) is 3.08. The van der Waals surface area contributed by atoms with Gasteiger partial charge < -0.3 is 10.4 Å². The second-order valence-electron chi connectivity index (χ2n) is 4.93. The molecule has 0 fully saturated rings. The summed E-state index contributed by atoms with van der Waals surface area (Å²) >= 11 is 0. The van der Waals surface area contributed by atoms with Crippen LogP contribution >= 0.6 is 0 Å². The number of nitrogens with one attached hydrogen (secondary N) is 1. The summed E-state index contributed by atoms with van der Waals surface area (Å²) in [7, 11) is 0.